The van der Waals surface area contributed by atoms with Crippen molar-refractivity contribution < 1.29 is 23.1 Å². The molecule has 1 aliphatic carbocycles. The topological polar surface area (TPSA) is 104 Å². The van der Waals surface area contributed by atoms with Crippen LogP contribution in [-0.2, 0) is 19.6 Å². The van der Waals surface area contributed by atoms with Gasteiger partial charge in [0.15, 0.2) is 5.78 Å². The van der Waals surface area contributed by atoms with E-state index in [0.29, 0.717) is 13.1 Å². The molecule has 2 rings (SSSR count). The summed E-state index contributed by atoms with van der Waals surface area (Å²) < 4.78 is 25.9. The number of carbonyl (C=O) groups excluding carboxylic acids is 1. The zero-order valence-electron chi connectivity index (χ0n) is 11.9. The summed E-state index contributed by atoms with van der Waals surface area (Å²) in [5, 5.41) is 12.0. The van der Waals surface area contributed by atoms with E-state index < -0.39 is 26.8 Å². The van der Waals surface area contributed by atoms with Gasteiger partial charge in [-0.05, 0) is 19.4 Å². The highest BCUT2D eigenvalue weighted by molar-refractivity contribution is 7.90. The van der Waals surface area contributed by atoms with E-state index in [2.05, 4.69) is 5.32 Å². The molecule has 21 heavy (non-hydrogen) atoms. The number of ketones is 1. The average molecular weight is 316 g/mol. The molecule has 118 valence electrons. The fraction of sp³-hybridized carbons (Fsp3) is 0.692. The van der Waals surface area contributed by atoms with E-state index in [9.17, 15) is 18.0 Å². The maximum atomic E-state index is 12.9. The third-order valence-corrected chi connectivity index (χ3v) is 6.69. The summed E-state index contributed by atoms with van der Waals surface area (Å²) in [5.41, 5.74) is 0. The number of aliphatic carboxylic acids is 1. The minimum atomic E-state index is -3.75. The molecule has 0 aromatic rings. The fourth-order valence-electron chi connectivity index (χ4n) is 2.85. The maximum absolute atomic E-state index is 12.9. The van der Waals surface area contributed by atoms with Crippen LogP contribution in [0.5, 0.6) is 0 Å². The van der Waals surface area contributed by atoms with Gasteiger partial charge >= 0.3 is 5.97 Å². The van der Waals surface area contributed by atoms with E-state index in [1.807, 2.05) is 0 Å². The Balaban J connectivity index is 2.30. The van der Waals surface area contributed by atoms with Crippen molar-refractivity contribution in [2.75, 3.05) is 19.6 Å². The molecule has 2 aliphatic rings. The fourth-order valence-corrected chi connectivity index (χ4v) is 4.92. The van der Waals surface area contributed by atoms with Gasteiger partial charge in [-0.2, -0.15) is 4.31 Å². The molecule has 8 heteroatoms. The Bertz CT molecular complexity index is 571. The maximum Gasteiger partial charge on any atom is 0.305 e. The van der Waals surface area contributed by atoms with Gasteiger partial charge < -0.3 is 10.4 Å². The van der Waals surface area contributed by atoms with Crippen molar-refractivity contribution in [2.45, 2.75) is 37.0 Å². The van der Waals surface area contributed by atoms with Gasteiger partial charge in [0, 0.05) is 32.1 Å². The monoisotopic (exact) mass is 316 g/mol. The molecule has 1 saturated heterocycles. The lowest BCUT2D eigenvalue weighted by Crippen LogP contribution is -2.59. The molecule has 0 saturated carbocycles. The normalized spacial score (nSPS) is 31.3. The largest absolute Gasteiger partial charge is 0.481 e. The number of allylic oxidation sites excluding steroid dienone is 2. The first kappa shape index (κ1) is 16.1. The summed E-state index contributed by atoms with van der Waals surface area (Å²) in [4.78, 5) is 22.5. The first-order valence-corrected chi connectivity index (χ1v) is 8.33. The number of carbonyl (C=O) groups is 2. The lowest BCUT2D eigenvalue weighted by atomic mass is 9.94. The zero-order chi connectivity index (χ0) is 15.7. The van der Waals surface area contributed by atoms with E-state index >= 15 is 0 Å². The van der Waals surface area contributed by atoms with Gasteiger partial charge in [0.1, 0.15) is 0 Å². The van der Waals surface area contributed by atoms with Crippen molar-refractivity contribution in [2.24, 2.45) is 0 Å². The number of hydrogen-bond donors (Lipinski definition) is 2. The second-order valence-corrected chi connectivity index (χ2v) is 8.18. The van der Waals surface area contributed by atoms with Gasteiger partial charge in [0.2, 0.25) is 10.0 Å². The molecular weight excluding hydrogens is 296 g/mol. The van der Waals surface area contributed by atoms with Crippen LogP contribution >= 0.6 is 0 Å². The summed E-state index contributed by atoms with van der Waals surface area (Å²) >= 11 is 0. The zero-order valence-corrected chi connectivity index (χ0v) is 12.7. The average Bonchev–Trinajstić information content (AvgIpc) is 2.38. The second kappa shape index (κ2) is 5.86. The minimum absolute atomic E-state index is 0.0600. The standard InChI is InChI=1S/C13H20N2O5S/c1-13(4-2-3-11(16)8-13)21(19,20)15-6-5-14-9-10(15)7-12(17)18/h2-3,10,14H,4-9H2,1H3,(H,17,18). The highest BCUT2D eigenvalue weighted by atomic mass is 32.2. The molecule has 2 N–H and O–H groups in total. The Morgan fingerprint density at radius 2 is 2.29 bits per heavy atom. The Labute approximate surface area is 124 Å². The van der Waals surface area contributed by atoms with E-state index in [0.717, 1.165) is 0 Å². The number of hydrogen-bond acceptors (Lipinski definition) is 5. The molecular formula is C13H20N2O5S. The molecule has 0 radical (unpaired) electrons. The van der Waals surface area contributed by atoms with Gasteiger partial charge in [0.25, 0.3) is 0 Å². The lowest BCUT2D eigenvalue weighted by molar-refractivity contribution is -0.138. The number of carboxylic acid groups (broad SMARTS) is 1. The molecule has 0 bridgehead atoms. The summed E-state index contributed by atoms with van der Waals surface area (Å²) in [6.45, 7) is 2.58. The lowest BCUT2D eigenvalue weighted by Gasteiger charge is -2.41. The van der Waals surface area contributed by atoms with Crippen LogP contribution in [-0.4, -0.2) is 60.0 Å². The van der Waals surface area contributed by atoms with Gasteiger partial charge in [-0.15, -0.1) is 0 Å². The van der Waals surface area contributed by atoms with Gasteiger partial charge in [0.05, 0.1) is 11.2 Å². The first-order valence-electron chi connectivity index (χ1n) is 6.89. The van der Waals surface area contributed by atoms with E-state index in [4.69, 9.17) is 5.11 Å². The summed E-state index contributed by atoms with van der Waals surface area (Å²) in [7, 11) is -3.75. The van der Waals surface area contributed by atoms with Gasteiger partial charge in [-0.3, -0.25) is 9.59 Å². The molecule has 7 nitrogen and oxygen atoms in total. The van der Waals surface area contributed by atoms with Gasteiger partial charge in [-0.25, -0.2) is 8.42 Å². The Kier molecular flexibility index (Phi) is 4.50. The molecule has 1 aliphatic heterocycles. The van der Waals surface area contributed by atoms with Crippen LogP contribution in [0.3, 0.4) is 0 Å². The van der Waals surface area contributed by atoms with Crippen molar-refractivity contribution in [3.63, 3.8) is 0 Å². The van der Waals surface area contributed by atoms with Crippen LogP contribution < -0.4 is 5.32 Å². The van der Waals surface area contributed by atoms with E-state index in [1.165, 1.54) is 10.4 Å². The van der Waals surface area contributed by atoms with Crippen molar-refractivity contribution in [1.29, 1.82) is 0 Å². The van der Waals surface area contributed by atoms with Crippen molar-refractivity contribution in [3.8, 4) is 0 Å². The summed E-state index contributed by atoms with van der Waals surface area (Å²) in [5.74, 6) is -1.24. The number of carboxylic acids is 1. The molecule has 0 aromatic heterocycles. The van der Waals surface area contributed by atoms with Crippen LogP contribution in [0.2, 0.25) is 0 Å². The van der Waals surface area contributed by atoms with Crippen LogP contribution in [0, 0.1) is 0 Å². The Morgan fingerprint density at radius 3 is 2.90 bits per heavy atom. The van der Waals surface area contributed by atoms with Crippen LogP contribution in [0.25, 0.3) is 0 Å². The highest BCUT2D eigenvalue weighted by Gasteiger charge is 2.47. The van der Waals surface area contributed by atoms with E-state index in [1.54, 1.807) is 13.0 Å². The van der Waals surface area contributed by atoms with E-state index in [-0.39, 0.29) is 31.6 Å². The molecule has 0 amide bonds. The molecule has 1 heterocycles. The number of rotatable bonds is 4. The number of nitrogens with zero attached hydrogens (tertiary/aromatic N) is 1. The third kappa shape index (κ3) is 3.17. The quantitative estimate of drug-likeness (QED) is 0.741. The van der Waals surface area contributed by atoms with Crippen molar-refractivity contribution in [1.82, 2.24) is 9.62 Å². The second-order valence-electron chi connectivity index (χ2n) is 5.77. The summed E-state index contributed by atoms with van der Waals surface area (Å²) in [6.07, 6.45) is 2.95. The number of sulfonamides is 1. The third-order valence-electron chi connectivity index (χ3n) is 4.04. The first-order chi connectivity index (χ1) is 9.76. The minimum Gasteiger partial charge on any atom is -0.481 e. The predicted molar refractivity (Wildman–Crippen MR) is 76.3 cm³/mol. The summed E-state index contributed by atoms with van der Waals surface area (Å²) in [6, 6.07) is -0.612. The number of piperazine rings is 1. The van der Waals surface area contributed by atoms with Crippen LogP contribution in [0.4, 0.5) is 0 Å². The SMILES string of the molecule is CC1(S(=O)(=O)N2CCNCC2CC(=O)O)CC=CC(=O)C1. The van der Waals surface area contributed by atoms with Gasteiger partial charge in [-0.1, -0.05) is 6.08 Å². The smallest absolute Gasteiger partial charge is 0.305 e. The van der Waals surface area contributed by atoms with Crippen molar-refractivity contribution >= 4 is 21.8 Å². The molecule has 0 aromatic carbocycles. The molecule has 1 fully saturated rings. The van der Waals surface area contributed by atoms with Crippen molar-refractivity contribution in [3.05, 3.63) is 12.2 Å². The number of nitrogens with one attached hydrogen (secondary N) is 1. The Morgan fingerprint density at radius 1 is 1.57 bits per heavy atom. The highest BCUT2D eigenvalue weighted by Crippen LogP contribution is 2.34. The predicted octanol–water partition coefficient (Wildman–Crippen LogP) is -0.257. The van der Waals surface area contributed by atoms with Crippen LogP contribution in [0.1, 0.15) is 26.2 Å². The molecule has 2 unspecified atom stereocenters. The van der Waals surface area contributed by atoms with Crippen LogP contribution in [0.15, 0.2) is 12.2 Å². The Hall–Kier alpha value is -1.25. The molecule has 0 spiro atoms. The molecule has 2 atom stereocenters.